The zero-order chi connectivity index (χ0) is 17.6. The molecule has 2 aliphatic rings. The van der Waals surface area contributed by atoms with Crippen LogP contribution in [-0.2, 0) is 11.3 Å². The molecule has 1 aromatic rings. The van der Waals surface area contributed by atoms with E-state index in [4.69, 9.17) is 5.73 Å². The van der Waals surface area contributed by atoms with Crippen LogP contribution in [0.5, 0.6) is 0 Å². The van der Waals surface area contributed by atoms with Crippen LogP contribution in [0.1, 0.15) is 56.7 Å². The maximum absolute atomic E-state index is 12.5. The standard InChI is InChI=1S/C18H29N5O2/c19-16(24)13-22-10-8-20-17(22)15-7-4-9-23(12-15)18(25)21-11-14-5-2-1-3-6-14/h8,10,14-15H,1-7,9,11-13H2,(H2,19,24)(H,21,25). The average molecular weight is 347 g/mol. The first-order chi connectivity index (χ1) is 12.1. The van der Waals surface area contributed by atoms with Crippen LogP contribution in [-0.4, -0.2) is 46.0 Å². The van der Waals surface area contributed by atoms with Crippen LogP contribution in [0, 0.1) is 5.92 Å². The quantitative estimate of drug-likeness (QED) is 0.851. The van der Waals surface area contributed by atoms with Crippen LogP contribution in [0.3, 0.4) is 0 Å². The second kappa shape index (κ2) is 8.36. The Bertz CT molecular complexity index is 594. The number of hydrogen-bond acceptors (Lipinski definition) is 3. The minimum absolute atomic E-state index is 0.0308. The van der Waals surface area contributed by atoms with Gasteiger partial charge in [-0.1, -0.05) is 19.3 Å². The summed E-state index contributed by atoms with van der Waals surface area (Å²) in [5, 5.41) is 3.12. The third-order valence-electron chi connectivity index (χ3n) is 5.41. The van der Waals surface area contributed by atoms with Crippen LogP contribution >= 0.6 is 0 Å². The fourth-order valence-electron chi connectivity index (χ4n) is 4.09. The summed E-state index contributed by atoms with van der Waals surface area (Å²) in [7, 11) is 0. The number of hydrogen-bond donors (Lipinski definition) is 2. The number of piperidine rings is 1. The second-order valence-electron chi connectivity index (χ2n) is 7.35. The highest BCUT2D eigenvalue weighted by molar-refractivity contribution is 5.74. The van der Waals surface area contributed by atoms with Gasteiger partial charge in [-0.15, -0.1) is 0 Å². The fraction of sp³-hybridized carbons (Fsp3) is 0.722. The smallest absolute Gasteiger partial charge is 0.317 e. The topological polar surface area (TPSA) is 93.2 Å². The van der Waals surface area contributed by atoms with Crippen molar-refractivity contribution >= 4 is 11.9 Å². The monoisotopic (exact) mass is 347 g/mol. The molecule has 7 heteroatoms. The highest BCUT2D eigenvalue weighted by Gasteiger charge is 2.28. The summed E-state index contributed by atoms with van der Waals surface area (Å²) < 4.78 is 1.80. The van der Waals surface area contributed by atoms with Gasteiger partial charge in [0, 0.05) is 37.9 Å². The van der Waals surface area contributed by atoms with Crippen molar-refractivity contribution in [2.45, 2.75) is 57.4 Å². The number of amides is 3. The van der Waals surface area contributed by atoms with Gasteiger partial charge >= 0.3 is 6.03 Å². The average Bonchev–Trinajstić information content (AvgIpc) is 3.08. The highest BCUT2D eigenvalue weighted by Crippen LogP contribution is 2.26. The van der Waals surface area contributed by atoms with E-state index in [1.807, 2.05) is 4.90 Å². The van der Waals surface area contributed by atoms with Gasteiger partial charge < -0.3 is 20.5 Å². The van der Waals surface area contributed by atoms with Gasteiger partial charge in [0.15, 0.2) is 0 Å². The molecule has 2 fully saturated rings. The predicted molar refractivity (Wildman–Crippen MR) is 94.9 cm³/mol. The lowest BCUT2D eigenvalue weighted by atomic mass is 9.89. The van der Waals surface area contributed by atoms with E-state index in [9.17, 15) is 9.59 Å². The van der Waals surface area contributed by atoms with E-state index in [1.54, 1.807) is 17.0 Å². The van der Waals surface area contributed by atoms with Gasteiger partial charge in [0.25, 0.3) is 0 Å². The molecule has 2 heterocycles. The van der Waals surface area contributed by atoms with Gasteiger partial charge in [-0.2, -0.15) is 0 Å². The molecule has 1 aliphatic carbocycles. The molecule has 1 saturated heterocycles. The van der Waals surface area contributed by atoms with Gasteiger partial charge in [-0.3, -0.25) is 4.79 Å². The van der Waals surface area contributed by atoms with Crippen molar-refractivity contribution < 1.29 is 9.59 Å². The van der Waals surface area contributed by atoms with Crippen LogP contribution < -0.4 is 11.1 Å². The van der Waals surface area contributed by atoms with Crippen LogP contribution in [0.4, 0.5) is 4.79 Å². The summed E-state index contributed by atoms with van der Waals surface area (Å²) in [6.45, 7) is 2.35. The fourth-order valence-corrected chi connectivity index (χ4v) is 4.09. The van der Waals surface area contributed by atoms with Crippen molar-refractivity contribution in [1.82, 2.24) is 19.8 Å². The van der Waals surface area contributed by atoms with Gasteiger partial charge in [0.05, 0.1) is 0 Å². The van der Waals surface area contributed by atoms with E-state index in [-0.39, 0.29) is 24.4 Å². The summed E-state index contributed by atoms with van der Waals surface area (Å²) >= 11 is 0. The number of rotatable bonds is 5. The number of urea groups is 1. The normalized spacial score (nSPS) is 21.9. The van der Waals surface area contributed by atoms with E-state index < -0.39 is 0 Å². The molecule has 25 heavy (non-hydrogen) atoms. The highest BCUT2D eigenvalue weighted by atomic mass is 16.2. The molecule has 3 rings (SSSR count). The summed E-state index contributed by atoms with van der Waals surface area (Å²) in [6.07, 6.45) is 11.8. The van der Waals surface area contributed by atoms with E-state index in [1.165, 1.54) is 32.1 Å². The number of nitrogens with zero attached hydrogens (tertiary/aromatic N) is 3. The third-order valence-corrected chi connectivity index (χ3v) is 5.41. The summed E-state index contributed by atoms with van der Waals surface area (Å²) in [5.41, 5.74) is 5.31. The Morgan fingerprint density at radius 1 is 1.20 bits per heavy atom. The van der Waals surface area contributed by atoms with E-state index >= 15 is 0 Å². The first-order valence-corrected chi connectivity index (χ1v) is 9.45. The Kier molecular flexibility index (Phi) is 5.94. The van der Waals surface area contributed by atoms with Crippen molar-refractivity contribution in [2.75, 3.05) is 19.6 Å². The second-order valence-corrected chi connectivity index (χ2v) is 7.35. The summed E-state index contributed by atoms with van der Waals surface area (Å²) in [5.74, 6) is 1.26. The van der Waals surface area contributed by atoms with Crippen molar-refractivity contribution in [3.8, 4) is 0 Å². The first kappa shape index (κ1) is 17.8. The predicted octanol–water partition coefficient (Wildman–Crippen LogP) is 1.84. The van der Waals surface area contributed by atoms with E-state index in [0.717, 1.165) is 31.8 Å². The third kappa shape index (κ3) is 4.74. The molecule has 1 unspecified atom stereocenters. The van der Waals surface area contributed by atoms with Crippen molar-refractivity contribution in [3.63, 3.8) is 0 Å². The first-order valence-electron chi connectivity index (χ1n) is 9.45. The van der Waals surface area contributed by atoms with Crippen LogP contribution in [0.2, 0.25) is 0 Å². The number of imidazole rings is 1. The zero-order valence-corrected chi connectivity index (χ0v) is 14.8. The molecule has 7 nitrogen and oxygen atoms in total. The molecule has 0 aromatic carbocycles. The Balaban J connectivity index is 1.54. The number of carbonyl (C=O) groups is 2. The molecule has 1 atom stereocenters. The Morgan fingerprint density at radius 2 is 2.00 bits per heavy atom. The molecule has 0 radical (unpaired) electrons. The maximum Gasteiger partial charge on any atom is 0.317 e. The lowest BCUT2D eigenvalue weighted by molar-refractivity contribution is -0.118. The van der Waals surface area contributed by atoms with E-state index in [2.05, 4.69) is 10.3 Å². The Labute approximate surface area is 149 Å². The van der Waals surface area contributed by atoms with Crippen LogP contribution in [0.15, 0.2) is 12.4 Å². The maximum atomic E-state index is 12.5. The minimum atomic E-state index is -0.378. The lowest BCUT2D eigenvalue weighted by Crippen LogP contribution is -2.46. The Morgan fingerprint density at radius 3 is 2.76 bits per heavy atom. The number of nitrogens with two attached hydrogens (primary N) is 1. The number of nitrogens with one attached hydrogen (secondary N) is 1. The molecule has 1 saturated carbocycles. The molecular weight excluding hydrogens is 318 g/mol. The molecular formula is C18H29N5O2. The number of aromatic nitrogens is 2. The van der Waals surface area contributed by atoms with Gasteiger partial charge in [0.2, 0.25) is 5.91 Å². The Hall–Kier alpha value is -2.05. The SMILES string of the molecule is NC(=O)Cn1ccnc1C1CCCN(C(=O)NCC2CCCCC2)C1. The largest absolute Gasteiger partial charge is 0.368 e. The lowest BCUT2D eigenvalue weighted by Gasteiger charge is -2.33. The van der Waals surface area contributed by atoms with Gasteiger partial charge in [-0.25, -0.2) is 9.78 Å². The molecule has 1 aliphatic heterocycles. The van der Waals surface area contributed by atoms with E-state index in [0.29, 0.717) is 12.5 Å². The molecule has 0 bridgehead atoms. The zero-order valence-electron chi connectivity index (χ0n) is 14.8. The molecule has 3 amide bonds. The summed E-state index contributed by atoms with van der Waals surface area (Å²) in [6, 6.07) is 0.0308. The van der Waals surface area contributed by atoms with Gasteiger partial charge in [0.1, 0.15) is 12.4 Å². The summed E-state index contributed by atoms with van der Waals surface area (Å²) in [4.78, 5) is 30.0. The molecule has 1 aromatic heterocycles. The van der Waals surface area contributed by atoms with Crippen molar-refractivity contribution in [3.05, 3.63) is 18.2 Å². The van der Waals surface area contributed by atoms with Crippen molar-refractivity contribution in [1.29, 1.82) is 0 Å². The van der Waals surface area contributed by atoms with Gasteiger partial charge in [-0.05, 0) is 31.6 Å². The number of carbonyl (C=O) groups excluding carboxylic acids is 2. The molecule has 138 valence electrons. The minimum Gasteiger partial charge on any atom is -0.368 e. The molecule has 0 spiro atoms. The van der Waals surface area contributed by atoms with Crippen LogP contribution in [0.25, 0.3) is 0 Å². The number of primary amides is 1. The molecule has 3 N–H and O–H groups in total. The van der Waals surface area contributed by atoms with Crippen molar-refractivity contribution in [2.24, 2.45) is 11.7 Å². The number of likely N-dealkylation sites (tertiary alicyclic amines) is 1.